The summed E-state index contributed by atoms with van der Waals surface area (Å²) >= 11 is 9.91. The molecule has 6 N–H and O–H groups in total. The molecule has 1 heterocycles. The van der Waals surface area contributed by atoms with Gasteiger partial charge in [-0.25, -0.2) is 4.39 Å². The smallest absolute Gasteiger partial charge is 0.157 e. The Morgan fingerprint density at radius 2 is 1.45 bits per heavy atom. The molecule has 47 heavy (non-hydrogen) atoms. The van der Waals surface area contributed by atoms with Crippen LogP contribution in [0.1, 0.15) is 16.8 Å². The minimum absolute atomic E-state index is 0.271. The Morgan fingerprint density at radius 1 is 0.809 bits per heavy atom. The summed E-state index contributed by atoms with van der Waals surface area (Å²) in [6.07, 6.45) is 2.34. The second-order valence-electron chi connectivity index (χ2n) is 11.3. The number of para-hydroxylation sites is 1. The zero-order chi connectivity index (χ0) is 32.6. The summed E-state index contributed by atoms with van der Waals surface area (Å²) < 4.78 is 17.5. The van der Waals surface area contributed by atoms with Crippen LogP contribution in [0.25, 0.3) is 5.57 Å². The summed E-state index contributed by atoms with van der Waals surface area (Å²) in [5.41, 5.74) is 11.0. The molecule has 1 aliphatic carbocycles. The Hall–Kier alpha value is -4.63. The van der Waals surface area contributed by atoms with E-state index in [0.717, 1.165) is 16.8 Å². The molecule has 2 unspecified atom stereocenters. The molecule has 0 saturated carbocycles. The summed E-state index contributed by atoms with van der Waals surface area (Å²) in [6, 6.07) is 39.9. The molecule has 1 aromatic heterocycles. The van der Waals surface area contributed by atoms with Crippen molar-refractivity contribution in [3.05, 3.63) is 171 Å². The van der Waals surface area contributed by atoms with Crippen LogP contribution in [0.3, 0.4) is 0 Å². The molecule has 0 fully saturated rings. The van der Waals surface area contributed by atoms with Gasteiger partial charge in [-0.15, -0.1) is 0 Å². The Balaban J connectivity index is 1.57. The molecule has 0 saturated heterocycles. The van der Waals surface area contributed by atoms with Gasteiger partial charge in [-0.3, -0.25) is 10.3 Å². The molecule has 6 rings (SSSR count). The molecule has 0 amide bonds. The molecule has 9 heteroatoms. The lowest BCUT2D eigenvalue weighted by Gasteiger charge is -2.48. The molecule has 4 aromatic carbocycles. The third-order valence-electron chi connectivity index (χ3n) is 8.04. The molecule has 0 bridgehead atoms. The average Bonchev–Trinajstić information content (AvgIpc) is 3.10. The third-order valence-corrected chi connectivity index (χ3v) is 9.07. The molecule has 1 aliphatic rings. The number of aromatic nitrogens is 1. The van der Waals surface area contributed by atoms with Gasteiger partial charge in [-0.1, -0.05) is 90.5 Å². The van der Waals surface area contributed by atoms with Gasteiger partial charge >= 0.3 is 0 Å². The first-order valence-electron chi connectivity index (χ1n) is 15.4. The number of hydrogen-bond acceptors (Lipinski definition) is 6. The fraction of sp³-hybridized carbons (Fsp3) is 0.132. The minimum atomic E-state index is -1.27. The zero-order valence-electron chi connectivity index (χ0n) is 25.6. The van der Waals surface area contributed by atoms with Gasteiger partial charge in [0.25, 0.3) is 0 Å². The summed E-state index contributed by atoms with van der Waals surface area (Å²) in [7, 11) is 0. The highest BCUT2D eigenvalue weighted by Crippen LogP contribution is 2.46. The van der Waals surface area contributed by atoms with Crippen LogP contribution in [0.4, 0.5) is 21.5 Å². The van der Waals surface area contributed by atoms with E-state index in [9.17, 15) is 0 Å². The van der Waals surface area contributed by atoms with Crippen LogP contribution in [-0.2, 0) is 13.0 Å². The summed E-state index contributed by atoms with van der Waals surface area (Å²) in [6.45, 7) is 0.984. The lowest BCUT2D eigenvalue weighted by Crippen LogP contribution is -2.68. The summed E-state index contributed by atoms with van der Waals surface area (Å²) in [5.74, 6) is -0.417. The Kier molecular flexibility index (Phi) is 10.2. The van der Waals surface area contributed by atoms with Gasteiger partial charge in [0.15, 0.2) is 5.66 Å². The highest BCUT2D eigenvalue weighted by Gasteiger charge is 2.51. The van der Waals surface area contributed by atoms with Crippen LogP contribution in [0, 0.1) is 0 Å². The van der Waals surface area contributed by atoms with Crippen LogP contribution in [-0.4, -0.2) is 23.2 Å². The van der Waals surface area contributed by atoms with E-state index in [1.54, 1.807) is 30.5 Å². The summed E-state index contributed by atoms with van der Waals surface area (Å²) in [4.78, 5) is 4.67. The normalized spacial score (nSPS) is 17.8. The van der Waals surface area contributed by atoms with Gasteiger partial charge in [-0.05, 0) is 82.0 Å². The number of nitrogen functional groups attached to an aromatic ring is 1. The lowest BCUT2D eigenvalue weighted by atomic mass is 9.83. The predicted molar refractivity (Wildman–Crippen MR) is 196 cm³/mol. The van der Waals surface area contributed by atoms with E-state index in [1.807, 2.05) is 78.9 Å². The number of anilines is 3. The van der Waals surface area contributed by atoms with Crippen LogP contribution < -0.4 is 27.0 Å². The van der Waals surface area contributed by atoms with Crippen LogP contribution >= 0.6 is 27.5 Å². The monoisotopic (exact) mass is 708 g/mol. The molecule has 6 nitrogen and oxygen atoms in total. The quantitative estimate of drug-likeness (QED) is 0.0836. The second-order valence-corrected chi connectivity index (χ2v) is 12.5. The van der Waals surface area contributed by atoms with Crippen LogP contribution in [0.5, 0.6) is 0 Å². The van der Waals surface area contributed by atoms with E-state index in [1.165, 1.54) is 0 Å². The SMILES string of the molecule is Nc1ccnc(C2=C(NCc3ccccc3)C(NCCc3ccccc3)(Nc3ccccc3)C(Nc3ccc(Cl)cc3)C(F)=C2Br)c1. The predicted octanol–water partition coefficient (Wildman–Crippen LogP) is 8.53. The van der Waals surface area contributed by atoms with Crippen molar-refractivity contribution in [2.45, 2.75) is 24.7 Å². The number of hydrogen-bond donors (Lipinski definition) is 5. The summed E-state index contributed by atoms with van der Waals surface area (Å²) in [5, 5.41) is 15.3. The number of nitrogens with one attached hydrogen (secondary N) is 4. The minimum Gasteiger partial charge on any atom is -0.399 e. The van der Waals surface area contributed by atoms with Crippen molar-refractivity contribution in [3.8, 4) is 0 Å². The number of halogens is 3. The molecular formula is C38H35BrClFN6. The van der Waals surface area contributed by atoms with Crippen molar-refractivity contribution in [3.63, 3.8) is 0 Å². The molecule has 238 valence electrons. The van der Waals surface area contributed by atoms with E-state index in [-0.39, 0.29) is 4.48 Å². The lowest BCUT2D eigenvalue weighted by molar-refractivity contribution is 0.340. The van der Waals surface area contributed by atoms with Crippen molar-refractivity contribution < 1.29 is 4.39 Å². The number of rotatable bonds is 12. The maximum absolute atomic E-state index is 17.3. The molecule has 0 radical (unpaired) electrons. The average molecular weight is 710 g/mol. The Morgan fingerprint density at radius 3 is 2.11 bits per heavy atom. The van der Waals surface area contributed by atoms with Gasteiger partial charge in [0.2, 0.25) is 0 Å². The van der Waals surface area contributed by atoms with Gasteiger partial charge in [0, 0.05) is 46.9 Å². The first kappa shape index (κ1) is 32.3. The zero-order valence-corrected chi connectivity index (χ0v) is 27.9. The maximum atomic E-state index is 17.3. The first-order chi connectivity index (χ1) is 22.9. The molecule has 0 aliphatic heterocycles. The molecule has 5 aromatic rings. The standard InChI is InChI=1S/C38H35BrClFN6/c39-34-33(32-24-29(42)21-22-43-32)36(44-25-27-12-6-2-7-13-27)38(47-31-14-8-3-9-15-31,45-23-20-26-10-4-1-5-11-26)37(35(34)41)46-30-18-16-28(40)17-19-30/h1-19,21-22,24,37,44-47H,20,23,25H2,(H2,42,43). The van der Waals surface area contributed by atoms with Crippen LogP contribution in [0.15, 0.2) is 150 Å². The topological polar surface area (TPSA) is 87.0 Å². The van der Waals surface area contributed by atoms with Crippen LogP contribution in [0.2, 0.25) is 5.02 Å². The number of allylic oxidation sites excluding steroid dienone is 2. The van der Waals surface area contributed by atoms with E-state index in [0.29, 0.717) is 52.9 Å². The van der Waals surface area contributed by atoms with Gasteiger partial charge in [-0.2, -0.15) is 0 Å². The highest BCUT2D eigenvalue weighted by molar-refractivity contribution is 9.12. The molecule has 2 atom stereocenters. The number of nitrogens with two attached hydrogens (primary N) is 1. The number of nitrogens with zero attached hydrogens (tertiary/aromatic N) is 1. The van der Waals surface area contributed by atoms with Gasteiger partial charge in [0.1, 0.15) is 11.9 Å². The van der Waals surface area contributed by atoms with E-state index in [2.05, 4.69) is 66.4 Å². The highest BCUT2D eigenvalue weighted by atomic mass is 79.9. The Bertz CT molecular complexity index is 1850. The van der Waals surface area contributed by atoms with Crippen molar-refractivity contribution in [2.24, 2.45) is 0 Å². The van der Waals surface area contributed by atoms with E-state index in [4.69, 9.17) is 17.3 Å². The van der Waals surface area contributed by atoms with Gasteiger partial charge < -0.3 is 21.7 Å². The van der Waals surface area contributed by atoms with E-state index < -0.39 is 17.5 Å². The van der Waals surface area contributed by atoms with E-state index >= 15 is 4.39 Å². The first-order valence-corrected chi connectivity index (χ1v) is 16.5. The third kappa shape index (κ3) is 7.52. The van der Waals surface area contributed by atoms with Crippen molar-refractivity contribution >= 4 is 50.2 Å². The van der Waals surface area contributed by atoms with Gasteiger partial charge in [0.05, 0.1) is 15.9 Å². The second kappa shape index (κ2) is 14.9. The van der Waals surface area contributed by atoms with Crippen molar-refractivity contribution in [1.29, 1.82) is 0 Å². The number of benzene rings is 4. The van der Waals surface area contributed by atoms with Crippen molar-refractivity contribution in [1.82, 2.24) is 15.6 Å². The largest absolute Gasteiger partial charge is 0.399 e. The number of pyridine rings is 1. The fourth-order valence-corrected chi connectivity index (χ4v) is 6.53. The fourth-order valence-electron chi connectivity index (χ4n) is 5.78. The molecule has 0 spiro atoms. The van der Waals surface area contributed by atoms with Crippen molar-refractivity contribution in [2.75, 3.05) is 22.9 Å². The maximum Gasteiger partial charge on any atom is 0.157 e. The Labute approximate surface area is 288 Å². The molecular weight excluding hydrogens is 675 g/mol.